The molecule has 0 rings (SSSR count). The molecule has 3 N–H and O–H groups in total. The minimum Gasteiger partial charge on any atom is -0.481 e. The topological polar surface area (TPSA) is 112 Å². The Hall–Kier alpha value is -0.890. The van der Waals surface area contributed by atoms with Gasteiger partial charge >= 0.3 is 17.9 Å². The Morgan fingerprint density at radius 1 is 0.545 bits per heavy atom. The average molecular weight is 507 g/mol. The van der Waals surface area contributed by atoms with Crippen molar-refractivity contribution in [3.8, 4) is 0 Å². The molecule has 194 valence electrons. The second kappa shape index (κ2) is 22.9. The van der Waals surface area contributed by atoms with Gasteiger partial charge < -0.3 is 15.3 Å². The third-order valence-corrected chi connectivity index (χ3v) is 8.45. The predicted octanol–water partition coefficient (Wildman–Crippen LogP) is 7.10. The summed E-state index contributed by atoms with van der Waals surface area (Å²) in [6.45, 7) is 2.21. The van der Waals surface area contributed by atoms with Crippen LogP contribution in [0.2, 0.25) is 0 Å². The van der Waals surface area contributed by atoms with Gasteiger partial charge in [-0.05, 0) is 32.1 Å². The molecule has 0 radical (unpaired) electrons. The third kappa shape index (κ3) is 24.0. The molecule has 0 bridgehead atoms. The van der Waals surface area contributed by atoms with E-state index in [1.807, 2.05) is 0 Å². The summed E-state index contributed by atoms with van der Waals surface area (Å²) in [6.07, 6.45) is 16.0. The van der Waals surface area contributed by atoms with E-state index in [4.69, 9.17) is 15.3 Å². The lowest BCUT2D eigenvalue weighted by atomic mass is 10.0. The number of carboxylic acids is 3. The van der Waals surface area contributed by atoms with E-state index in [0.717, 1.165) is 64.2 Å². The van der Waals surface area contributed by atoms with Gasteiger partial charge in [0.05, 0.1) is 12.8 Å². The molecule has 6 nitrogen and oxygen atoms in total. The Morgan fingerprint density at radius 3 is 1.39 bits per heavy atom. The summed E-state index contributed by atoms with van der Waals surface area (Å²) in [5, 5.41) is 27.6. The summed E-state index contributed by atoms with van der Waals surface area (Å²) in [7, 11) is 0. The molecular formula is C25H46O6S2. The van der Waals surface area contributed by atoms with E-state index < -0.39 is 17.9 Å². The molecule has 33 heavy (non-hydrogen) atoms. The Balaban J connectivity index is 4.38. The van der Waals surface area contributed by atoms with Crippen LogP contribution in [0.25, 0.3) is 0 Å². The van der Waals surface area contributed by atoms with E-state index >= 15 is 0 Å². The van der Waals surface area contributed by atoms with Gasteiger partial charge in [-0.1, -0.05) is 64.7 Å². The Kier molecular flexibility index (Phi) is 22.3. The van der Waals surface area contributed by atoms with Crippen molar-refractivity contribution in [1.29, 1.82) is 0 Å². The fraction of sp³-hybridized carbons (Fsp3) is 0.880. The number of hydrogen-bond acceptors (Lipinski definition) is 5. The maximum Gasteiger partial charge on any atom is 0.304 e. The SMILES string of the molecule is CCCCCCC(CCCC(CCCCCCCC(=O)O)SCCC(=O)O)SCCC(=O)O. The zero-order valence-corrected chi connectivity index (χ0v) is 22.1. The molecule has 0 aromatic heterocycles. The van der Waals surface area contributed by atoms with E-state index in [9.17, 15) is 14.4 Å². The summed E-state index contributed by atoms with van der Waals surface area (Å²) in [5.74, 6) is -0.889. The average Bonchev–Trinajstić information content (AvgIpc) is 2.74. The first-order chi connectivity index (χ1) is 15.8. The third-order valence-electron chi connectivity index (χ3n) is 5.69. The van der Waals surface area contributed by atoms with Crippen molar-refractivity contribution in [2.24, 2.45) is 0 Å². The van der Waals surface area contributed by atoms with Gasteiger partial charge in [-0.25, -0.2) is 0 Å². The van der Waals surface area contributed by atoms with Crippen molar-refractivity contribution < 1.29 is 29.7 Å². The highest BCUT2D eigenvalue weighted by molar-refractivity contribution is 8.00. The van der Waals surface area contributed by atoms with Gasteiger partial charge in [0.15, 0.2) is 0 Å². The van der Waals surface area contributed by atoms with Crippen LogP contribution in [0.1, 0.15) is 116 Å². The maximum absolute atomic E-state index is 10.9. The first-order valence-corrected chi connectivity index (χ1v) is 14.8. The predicted molar refractivity (Wildman–Crippen MR) is 140 cm³/mol. The van der Waals surface area contributed by atoms with Crippen molar-refractivity contribution in [3.63, 3.8) is 0 Å². The standard InChI is InChI=1S/C25H46O6S2/c1-2-3-4-8-12-21(32-19-17-24(28)29)14-11-15-22(33-20-18-25(30)31)13-9-6-5-7-10-16-23(26)27/h21-22H,2-20H2,1H3,(H,26,27)(H,28,29)(H,30,31). The first-order valence-electron chi connectivity index (χ1n) is 12.7. The van der Waals surface area contributed by atoms with Crippen LogP contribution in [-0.4, -0.2) is 55.2 Å². The van der Waals surface area contributed by atoms with E-state index in [2.05, 4.69) is 6.92 Å². The highest BCUT2D eigenvalue weighted by Gasteiger charge is 2.14. The molecule has 8 heteroatoms. The maximum atomic E-state index is 10.9. The zero-order chi connectivity index (χ0) is 24.7. The van der Waals surface area contributed by atoms with Gasteiger partial charge in [0.2, 0.25) is 0 Å². The lowest BCUT2D eigenvalue weighted by molar-refractivity contribution is -0.138. The number of thioether (sulfide) groups is 2. The molecule has 2 unspecified atom stereocenters. The Bertz CT molecular complexity index is 515. The molecule has 0 aliphatic carbocycles. The van der Waals surface area contributed by atoms with E-state index in [1.54, 1.807) is 23.5 Å². The van der Waals surface area contributed by atoms with Gasteiger partial charge in [0, 0.05) is 28.4 Å². The van der Waals surface area contributed by atoms with Crippen LogP contribution in [0.15, 0.2) is 0 Å². The molecule has 0 heterocycles. The molecule has 0 aliphatic heterocycles. The minimum atomic E-state index is -0.748. The first kappa shape index (κ1) is 32.1. The number of unbranched alkanes of at least 4 members (excludes halogenated alkanes) is 7. The van der Waals surface area contributed by atoms with Crippen molar-refractivity contribution in [1.82, 2.24) is 0 Å². The van der Waals surface area contributed by atoms with E-state index in [0.29, 0.717) is 22.0 Å². The van der Waals surface area contributed by atoms with Crippen LogP contribution in [0.4, 0.5) is 0 Å². The summed E-state index contributed by atoms with van der Waals surface area (Å²) in [5.41, 5.74) is 0. The lowest BCUT2D eigenvalue weighted by Crippen LogP contribution is -2.10. The van der Waals surface area contributed by atoms with Gasteiger partial charge in [-0.3, -0.25) is 14.4 Å². The molecule has 0 aromatic carbocycles. The number of carbonyl (C=O) groups is 3. The Labute approximate surface area is 209 Å². The number of rotatable bonds is 25. The molecule has 0 aromatic rings. The Morgan fingerprint density at radius 2 is 0.939 bits per heavy atom. The zero-order valence-electron chi connectivity index (χ0n) is 20.5. The molecule has 0 amide bonds. The van der Waals surface area contributed by atoms with Crippen molar-refractivity contribution in [2.45, 2.75) is 127 Å². The fourth-order valence-electron chi connectivity index (χ4n) is 3.80. The highest BCUT2D eigenvalue weighted by atomic mass is 32.2. The number of hydrogen-bond donors (Lipinski definition) is 3. The lowest BCUT2D eigenvalue weighted by Gasteiger charge is -2.20. The summed E-state index contributed by atoms with van der Waals surface area (Å²) in [6, 6.07) is 0. The second-order valence-corrected chi connectivity index (χ2v) is 11.6. The second-order valence-electron chi connectivity index (χ2n) is 8.75. The van der Waals surface area contributed by atoms with Gasteiger partial charge in [-0.15, -0.1) is 0 Å². The van der Waals surface area contributed by atoms with Crippen molar-refractivity contribution >= 4 is 41.4 Å². The van der Waals surface area contributed by atoms with Crippen LogP contribution in [0.5, 0.6) is 0 Å². The molecule has 2 atom stereocenters. The van der Waals surface area contributed by atoms with Crippen LogP contribution >= 0.6 is 23.5 Å². The molecular weight excluding hydrogens is 460 g/mol. The quantitative estimate of drug-likeness (QED) is 0.112. The minimum absolute atomic E-state index is 0.196. The van der Waals surface area contributed by atoms with Gasteiger partial charge in [-0.2, -0.15) is 23.5 Å². The molecule has 0 fully saturated rings. The number of carboxylic acid groups (broad SMARTS) is 3. The summed E-state index contributed by atoms with van der Waals surface area (Å²) < 4.78 is 0. The number of aliphatic carboxylic acids is 3. The summed E-state index contributed by atoms with van der Waals surface area (Å²) in [4.78, 5) is 32.3. The normalized spacial score (nSPS) is 13.0. The van der Waals surface area contributed by atoms with Gasteiger partial charge in [0.25, 0.3) is 0 Å². The molecule has 0 saturated heterocycles. The van der Waals surface area contributed by atoms with E-state index in [1.165, 1.54) is 25.7 Å². The van der Waals surface area contributed by atoms with Crippen LogP contribution in [0.3, 0.4) is 0 Å². The van der Waals surface area contributed by atoms with Crippen LogP contribution in [0, 0.1) is 0 Å². The smallest absolute Gasteiger partial charge is 0.304 e. The monoisotopic (exact) mass is 506 g/mol. The van der Waals surface area contributed by atoms with E-state index in [-0.39, 0.29) is 19.3 Å². The highest BCUT2D eigenvalue weighted by Crippen LogP contribution is 2.28. The summed E-state index contributed by atoms with van der Waals surface area (Å²) >= 11 is 3.58. The molecule has 0 saturated carbocycles. The van der Waals surface area contributed by atoms with Crippen LogP contribution < -0.4 is 0 Å². The van der Waals surface area contributed by atoms with Crippen molar-refractivity contribution in [2.75, 3.05) is 11.5 Å². The van der Waals surface area contributed by atoms with Crippen molar-refractivity contribution in [3.05, 3.63) is 0 Å². The van der Waals surface area contributed by atoms with Gasteiger partial charge in [0.1, 0.15) is 0 Å². The molecule has 0 spiro atoms. The fourth-order valence-corrected chi connectivity index (χ4v) is 6.38. The van der Waals surface area contributed by atoms with Crippen LogP contribution in [-0.2, 0) is 14.4 Å². The molecule has 0 aliphatic rings. The largest absolute Gasteiger partial charge is 0.481 e.